The Kier molecular flexibility index (Phi) is 4.75. The van der Waals surface area contributed by atoms with Crippen LogP contribution in [0.5, 0.6) is 0 Å². The molecular weight excluding hydrogens is 258 g/mol. The number of anilines is 1. The highest BCUT2D eigenvalue weighted by Crippen LogP contribution is 2.31. The van der Waals surface area contributed by atoms with Crippen LogP contribution in [0.4, 0.5) is 5.69 Å². The maximum absolute atomic E-state index is 11.5. The van der Waals surface area contributed by atoms with Crippen LogP contribution in [0.2, 0.25) is 0 Å². The molecule has 0 spiro atoms. The van der Waals surface area contributed by atoms with Gasteiger partial charge in [0.25, 0.3) is 0 Å². The standard InChI is InChI=1S/C15H21NO2S/c1-10-5-3-6-11(9-10)16-12-7-4-8-13(19-2)14(12)15(17)18/h4,7-8,10-11,16H,3,5-6,9H2,1-2H3,(H,17,18). The van der Waals surface area contributed by atoms with Crippen molar-refractivity contribution in [1.82, 2.24) is 0 Å². The Bertz CT molecular complexity index is 461. The van der Waals surface area contributed by atoms with Crippen LogP contribution < -0.4 is 5.32 Å². The number of benzene rings is 1. The van der Waals surface area contributed by atoms with E-state index in [0.29, 0.717) is 11.6 Å². The normalized spacial score (nSPS) is 23.1. The lowest BCUT2D eigenvalue weighted by Crippen LogP contribution is -2.27. The number of nitrogens with one attached hydrogen (secondary N) is 1. The molecule has 3 nitrogen and oxygen atoms in total. The topological polar surface area (TPSA) is 49.3 Å². The Morgan fingerprint density at radius 1 is 1.42 bits per heavy atom. The zero-order valence-corrected chi connectivity index (χ0v) is 12.3. The summed E-state index contributed by atoms with van der Waals surface area (Å²) < 4.78 is 0. The van der Waals surface area contributed by atoms with Gasteiger partial charge in [-0.05, 0) is 37.1 Å². The molecule has 0 heterocycles. The fourth-order valence-electron chi connectivity index (χ4n) is 2.83. The lowest BCUT2D eigenvalue weighted by Gasteiger charge is -2.29. The second-order valence-electron chi connectivity index (χ2n) is 5.30. The summed E-state index contributed by atoms with van der Waals surface area (Å²) in [5.41, 5.74) is 1.17. The van der Waals surface area contributed by atoms with E-state index < -0.39 is 5.97 Å². The Hall–Kier alpha value is -1.16. The van der Waals surface area contributed by atoms with Crippen LogP contribution in [-0.4, -0.2) is 23.4 Å². The number of hydrogen-bond acceptors (Lipinski definition) is 3. The van der Waals surface area contributed by atoms with Crippen molar-refractivity contribution in [1.29, 1.82) is 0 Å². The van der Waals surface area contributed by atoms with E-state index in [0.717, 1.165) is 29.3 Å². The smallest absolute Gasteiger partial charge is 0.338 e. The van der Waals surface area contributed by atoms with Gasteiger partial charge in [-0.2, -0.15) is 0 Å². The molecule has 1 aromatic rings. The highest BCUT2D eigenvalue weighted by atomic mass is 32.2. The van der Waals surface area contributed by atoms with Crippen molar-refractivity contribution < 1.29 is 9.90 Å². The highest BCUT2D eigenvalue weighted by Gasteiger charge is 2.21. The van der Waals surface area contributed by atoms with Gasteiger partial charge in [0.15, 0.2) is 0 Å². The third-order valence-corrected chi connectivity index (χ3v) is 4.54. The second-order valence-corrected chi connectivity index (χ2v) is 6.15. The SMILES string of the molecule is CSc1cccc(NC2CCCC(C)C2)c1C(=O)O. The van der Waals surface area contributed by atoms with Gasteiger partial charge in [-0.1, -0.05) is 25.8 Å². The van der Waals surface area contributed by atoms with Crippen molar-refractivity contribution in [2.24, 2.45) is 5.92 Å². The fourth-order valence-corrected chi connectivity index (χ4v) is 3.44. The number of hydrogen-bond donors (Lipinski definition) is 2. The van der Waals surface area contributed by atoms with Crippen LogP contribution in [0.3, 0.4) is 0 Å². The summed E-state index contributed by atoms with van der Waals surface area (Å²) in [6, 6.07) is 6.07. The number of rotatable bonds is 4. The molecule has 1 aromatic carbocycles. The summed E-state index contributed by atoms with van der Waals surface area (Å²) >= 11 is 1.48. The molecule has 0 aliphatic heterocycles. The van der Waals surface area contributed by atoms with Gasteiger partial charge in [0.05, 0.1) is 11.3 Å². The van der Waals surface area contributed by atoms with Gasteiger partial charge in [0.2, 0.25) is 0 Å². The highest BCUT2D eigenvalue weighted by molar-refractivity contribution is 7.98. The van der Waals surface area contributed by atoms with Gasteiger partial charge in [-0.25, -0.2) is 4.79 Å². The molecule has 104 valence electrons. The van der Waals surface area contributed by atoms with E-state index in [1.165, 1.54) is 24.6 Å². The van der Waals surface area contributed by atoms with Gasteiger partial charge >= 0.3 is 5.97 Å². The molecule has 4 heteroatoms. The molecule has 2 N–H and O–H groups in total. The minimum atomic E-state index is -0.851. The van der Waals surface area contributed by atoms with Gasteiger partial charge in [0.1, 0.15) is 0 Å². The van der Waals surface area contributed by atoms with Crippen LogP contribution >= 0.6 is 11.8 Å². The molecule has 1 aliphatic carbocycles. The van der Waals surface area contributed by atoms with Crippen LogP contribution in [0.25, 0.3) is 0 Å². The molecule has 0 radical (unpaired) electrons. The molecule has 2 unspecified atom stereocenters. The van der Waals surface area contributed by atoms with E-state index in [4.69, 9.17) is 0 Å². The number of carboxylic acid groups (broad SMARTS) is 1. The predicted molar refractivity (Wildman–Crippen MR) is 80.2 cm³/mol. The Labute approximate surface area is 118 Å². The molecule has 1 saturated carbocycles. The summed E-state index contributed by atoms with van der Waals surface area (Å²) in [5.74, 6) is -0.125. The monoisotopic (exact) mass is 279 g/mol. The van der Waals surface area contributed by atoms with Crippen LogP contribution in [-0.2, 0) is 0 Å². The molecule has 2 rings (SSSR count). The van der Waals surface area contributed by atoms with Gasteiger partial charge in [-0.15, -0.1) is 11.8 Å². The molecule has 0 bridgehead atoms. The lowest BCUT2D eigenvalue weighted by molar-refractivity contribution is 0.0694. The average Bonchev–Trinajstić information content (AvgIpc) is 2.38. The number of carboxylic acids is 1. The molecule has 1 fully saturated rings. The third-order valence-electron chi connectivity index (χ3n) is 3.76. The fraction of sp³-hybridized carbons (Fsp3) is 0.533. The maximum atomic E-state index is 11.5. The van der Waals surface area contributed by atoms with Crippen molar-refractivity contribution in [3.05, 3.63) is 23.8 Å². The zero-order valence-electron chi connectivity index (χ0n) is 11.5. The van der Waals surface area contributed by atoms with Crippen LogP contribution in [0.1, 0.15) is 43.0 Å². The first-order valence-corrected chi connectivity index (χ1v) is 8.01. The molecule has 19 heavy (non-hydrogen) atoms. The summed E-state index contributed by atoms with van der Waals surface area (Å²) in [5, 5.41) is 12.8. The van der Waals surface area contributed by atoms with Gasteiger partial charge < -0.3 is 10.4 Å². The summed E-state index contributed by atoms with van der Waals surface area (Å²) in [6.45, 7) is 2.27. The van der Waals surface area contributed by atoms with E-state index >= 15 is 0 Å². The van der Waals surface area contributed by atoms with Crippen LogP contribution in [0, 0.1) is 5.92 Å². The van der Waals surface area contributed by atoms with Gasteiger partial charge in [0, 0.05) is 10.9 Å². The second kappa shape index (κ2) is 6.33. The van der Waals surface area contributed by atoms with Crippen molar-refractivity contribution in [3.63, 3.8) is 0 Å². The maximum Gasteiger partial charge on any atom is 0.338 e. The number of thioether (sulfide) groups is 1. The summed E-state index contributed by atoms with van der Waals surface area (Å²) in [6.07, 6.45) is 6.68. The van der Waals surface area contributed by atoms with E-state index in [1.807, 2.05) is 24.5 Å². The van der Waals surface area contributed by atoms with E-state index in [1.54, 1.807) is 0 Å². The first-order chi connectivity index (χ1) is 9.11. The molecule has 0 aromatic heterocycles. The summed E-state index contributed by atoms with van der Waals surface area (Å²) in [7, 11) is 0. The van der Waals surface area contributed by atoms with Gasteiger partial charge in [-0.3, -0.25) is 0 Å². The number of aromatic carboxylic acids is 1. The first-order valence-electron chi connectivity index (χ1n) is 6.78. The predicted octanol–water partition coefficient (Wildman–Crippen LogP) is 4.10. The van der Waals surface area contributed by atoms with Crippen LogP contribution in [0.15, 0.2) is 23.1 Å². The third kappa shape index (κ3) is 3.44. The Morgan fingerprint density at radius 3 is 2.84 bits per heavy atom. The van der Waals surface area contributed by atoms with Crippen molar-refractivity contribution in [3.8, 4) is 0 Å². The molecule has 1 aliphatic rings. The Morgan fingerprint density at radius 2 is 2.21 bits per heavy atom. The van der Waals surface area contributed by atoms with Crippen molar-refractivity contribution >= 4 is 23.4 Å². The molecular formula is C15H21NO2S. The van der Waals surface area contributed by atoms with Crippen molar-refractivity contribution in [2.75, 3.05) is 11.6 Å². The van der Waals surface area contributed by atoms with Crippen molar-refractivity contribution in [2.45, 2.75) is 43.5 Å². The molecule has 2 atom stereocenters. The average molecular weight is 279 g/mol. The summed E-state index contributed by atoms with van der Waals surface area (Å²) in [4.78, 5) is 12.3. The first kappa shape index (κ1) is 14.3. The number of carbonyl (C=O) groups is 1. The quantitative estimate of drug-likeness (QED) is 0.815. The largest absolute Gasteiger partial charge is 0.478 e. The minimum Gasteiger partial charge on any atom is -0.478 e. The van der Waals surface area contributed by atoms with E-state index in [9.17, 15) is 9.90 Å². The minimum absolute atomic E-state index is 0.402. The molecule has 0 amide bonds. The molecule has 0 saturated heterocycles. The van der Waals surface area contributed by atoms with E-state index in [-0.39, 0.29) is 0 Å². The lowest BCUT2D eigenvalue weighted by atomic mass is 9.87. The zero-order chi connectivity index (χ0) is 13.8. The van der Waals surface area contributed by atoms with E-state index in [2.05, 4.69) is 12.2 Å². The Balaban J connectivity index is 2.21.